The highest BCUT2D eigenvalue weighted by atomic mass is 32.2. The van der Waals surface area contributed by atoms with E-state index in [1.807, 2.05) is 0 Å². The first-order valence-electron chi connectivity index (χ1n) is 5.42. The Bertz CT molecular complexity index is 604. The second-order valence-electron chi connectivity index (χ2n) is 3.87. The van der Waals surface area contributed by atoms with Crippen molar-refractivity contribution in [2.24, 2.45) is 0 Å². The van der Waals surface area contributed by atoms with Gasteiger partial charge < -0.3 is 4.74 Å². The molecule has 102 valence electrons. The minimum Gasteiger partial charge on any atom is -0.449 e. The molecule has 0 atom stereocenters. The van der Waals surface area contributed by atoms with Gasteiger partial charge in [-0.2, -0.15) is 5.26 Å². The van der Waals surface area contributed by atoms with Crippen LogP contribution in [0.3, 0.4) is 0 Å². The van der Waals surface area contributed by atoms with Crippen LogP contribution in [0, 0.1) is 18.3 Å². The van der Waals surface area contributed by atoms with Crippen LogP contribution in [0.15, 0.2) is 24.3 Å². The lowest BCUT2D eigenvalue weighted by atomic mass is 10.2. The number of aryl methyl sites for hydroxylation is 1. The number of hydrogen-bond donors (Lipinski definition) is 0. The molecule has 0 N–H and O–H groups in total. The van der Waals surface area contributed by atoms with Gasteiger partial charge in [-0.1, -0.05) is 18.2 Å². The lowest BCUT2D eigenvalue weighted by Gasteiger charge is -2.22. The third-order valence-electron chi connectivity index (χ3n) is 2.35. The average molecular weight is 282 g/mol. The Morgan fingerprint density at radius 1 is 1.42 bits per heavy atom. The summed E-state index contributed by atoms with van der Waals surface area (Å²) in [6, 6.07) is 8.45. The number of benzene rings is 1. The predicted molar refractivity (Wildman–Crippen MR) is 69.9 cm³/mol. The molecule has 1 aromatic carbocycles. The van der Waals surface area contributed by atoms with Crippen LogP contribution in [-0.2, 0) is 19.6 Å². The maximum atomic E-state index is 11.7. The molecule has 0 aromatic heterocycles. The second-order valence-corrected chi connectivity index (χ2v) is 5.78. The van der Waals surface area contributed by atoms with Crippen molar-refractivity contribution < 1.29 is 17.9 Å². The van der Waals surface area contributed by atoms with E-state index in [4.69, 9.17) is 5.26 Å². The molecule has 1 rings (SSSR count). The summed E-state index contributed by atoms with van der Waals surface area (Å²) in [6.07, 6.45) is 1.01. The maximum absolute atomic E-state index is 11.7. The van der Waals surface area contributed by atoms with Gasteiger partial charge in [-0.25, -0.2) is 8.42 Å². The van der Waals surface area contributed by atoms with E-state index in [1.165, 1.54) is 0 Å². The van der Waals surface area contributed by atoms with Crippen LogP contribution in [0.25, 0.3) is 0 Å². The first kappa shape index (κ1) is 15.0. The number of nitrogens with zero attached hydrogens (tertiary/aromatic N) is 2. The summed E-state index contributed by atoms with van der Waals surface area (Å²) >= 11 is 0. The maximum Gasteiger partial charge on any atom is 0.327 e. The Labute approximate surface area is 112 Å². The fourth-order valence-electron chi connectivity index (χ4n) is 1.50. The molecule has 1 aromatic rings. The predicted octanol–water partition coefficient (Wildman–Crippen LogP) is 0.828. The Morgan fingerprint density at radius 2 is 2.05 bits per heavy atom. The molecule has 0 spiro atoms. The minimum atomic E-state index is -3.61. The van der Waals surface area contributed by atoms with E-state index >= 15 is 0 Å². The lowest BCUT2D eigenvalue weighted by molar-refractivity contribution is -0.140. The number of esters is 1. The Morgan fingerprint density at radius 3 is 2.58 bits per heavy atom. The third-order valence-corrected chi connectivity index (χ3v) is 3.48. The molecule has 0 aliphatic carbocycles. The van der Waals surface area contributed by atoms with E-state index in [-0.39, 0.29) is 0 Å². The topological polar surface area (TPSA) is 87.5 Å². The Hall–Kier alpha value is -2.07. The zero-order chi connectivity index (χ0) is 14.5. The molecule has 0 aliphatic rings. The molecule has 19 heavy (non-hydrogen) atoms. The first-order valence-corrected chi connectivity index (χ1v) is 7.27. The summed E-state index contributed by atoms with van der Waals surface area (Å²) in [5, 5.41) is 8.31. The highest BCUT2D eigenvalue weighted by molar-refractivity contribution is 7.92. The highest BCUT2D eigenvalue weighted by Crippen LogP contribution is 2.21. The lowest BCUT2D eigenvalue weighted by Crippen LogP contribution is -2.36. The van der Waals surface area contributed by atoms with Crippen molar-refractivity contribution in [3.05, 3.63) is 29.8 Å². The molecule has 7 heteroatoms. The largest absolute Gasteiger partial charge is 0.449 e. The number of para-hydroxylation sites is 1. The van der Waals surface area contributed by atoms with Crippen LogP contribution in [0.2, 0.25) is 0 Å². The van der Waals surface area contributed by atoms with Crippen LogP contribution in [0.1, 0.15) is 5.56 Å². The van der Waals surface area contributed by atoms with Gasteiger partial charge in [0.1, 0.15) is 12.6 Å². The molecule has 0 unspecified atom stereocenters. The zero-order valence-corrected chi connectivity index (χ0v) is 11.5. The molecule has 0 amide bonds. The summed E-state index contributed by atoms with van der Waals surface area (Å²) in [5.41, 5.74) is 1.14. The number of carbonyl (C=O) groups is 1. The van der Waals surface area contributed by atoms with Gasteiger partial charge in [0.2, 0.25) is 10.0 Å². The van der Waals surface area contributed by atoms with Crippen LogP contribution >= 0.6 is 0 Å². The van der Waals surface area contributed by atoms with Crippen molar-refractivity contribution in [1.29, 1.82) is 5.26 Å². The van der Waals surface area contributed by atoms with Gasteiger partial charge >= 0.3 is 5.97 Å². The van der Waals surface area contributed by atoms with Crippen molar-refractivity contribution in [2.75, 3.05) is 23.7 Å². The summed E-state index contributed by atoms with van der Waals surface area (Å²) in [7, 11) is -3.61. The number of sulfonamides is 1. The van der Waals surface area contributed by atoms with E-state index in [2.05, 4.69) is 4.74 Å². The first-order chi connectivity index (χ1) is 8.86. The van der Waals surface area contributed by atoms with E-state index < -0.39 is 29.1 Å². The molecule has 0 radical (unpaired) electrons. The standard InChI is InChI=1S/C12H14N2O4S/c1-10-5-3-4-6-11(10)14(19(2,16)17)9-12(15)18-8-7-13/h3-6H,8-9H2,1-2H3. The summed E-state index contributed by atoms with van der Waals surface area (Å²) < 4.78 is 29.0. The van der Waals surface area contributed by atoms with Gasteiger partial charge in [0.15, 0.2) is 6.61 Å². The fraction of sp³-hybridized carbons (Fsp3) is 0.333. The average Bonchev–Trinajstić information content (AvgIpc) is 2.33. The van der Waals surface area contributed by atoms with Crippen molar-refractivity contribution >= 4 is 21.7 Å². The normalized spacial score (nSPS) is 10.6. The molecule has 0 saturated heterocycles. The third kappa shape index (κ3) is 4.26. The molecular weight excluding hydrogens is 268 g/mol. The van der Waals surface area contributed by atoms with Gasteiger partial charge in [0.05, 0.1) is 11.9 Å². The minimum absolute atomic E-state index is 0.399. The molecule has 0 aliphatic heterocycles. The summed E-state index contributed by atoms with van der Waals surface area (Å²) in [6.45, 7) is 0.893. The molecule has 0 bridgehead atoms. The van der Waals surface area contributed by atoms with E-state index in [0.717, 1.165) is 16.1 Å². The van der Waals surface area contributed by atoms with Gasteiger partial charge in [-0.3, -0.25) is 9.10 Å². The Balaban J connectivity index is 3.02. The highest BCUT2D eigenvalue weighted by Gasteiger charge is 2.22. The van der Waals surface area contributed by atoms with Gasteiger partial charge in [0, 0.05) is 0 Å². The van der Waals surface area contributed by atoms with Crippen LogP contribution in [0.4, 0.5) is 5.69 Å². The number of ether oxygens (including phenoxy) is 1. The smallest absolute Gasteiger partial charge is 0.327 e. The van der Waals surface area contributed by atoms with Crippen LogP contribution < -0.4 is 4.31 Å². The Kier molecular flexibility index (Phi) is 4.89. The van der Waals surface area contributed by atoms with Crippen LogP contribution in [-0.4, -0.2) is 33.8 Å². The van der Waals surface area contributed by atoms with Gasteiger partial charge in [-0.05, 0) is 18.6 Å². The number of carbonyl (C=O) groups excluding carboxylic acids is 1. The SMILES string of the molecule is Cc1ccccc1N(CC(=O)OCC#N)S(C)(=O)=O. The molecule has 0 saturated carbocycles. The number of hydrogen-bond acceptors (Lipinski definition) is 5. The van der Waals surface area contributed by atoms with Gasteiger partial charge in [0.25, 0.3) is 0 Å². The van der Waals surface area contributed by atoms with E-state index in [0.29, 0.717) is 5.69 Å². The quantitative estimate of drug-likeness (QED) is 0.746. The monoisotopic (exact) mass is 282 g/mol. The molecule has 6 nitrogen and oxygen atoms in total. The van der Waals surface area contributed by atoms with Gasteiger partial charge in [-0.15, -0.1) is 0 Å². The molecule has 0 fully saturated rings. The summed E-state index contributed by atoms with van der Waals surface area (Å²) in [4.78, 5) is 11.5. The van der Waals surface area contributed by atoms with E-state index in [9.17, 15) is 13.2 Å². The van der Waals surface area contributed by atoms with Crippen molar-refractivity contribution in [1.82, 2.24) is 0 Å². The van der Waals surface area contributed by atoms with E-state index in [1.54, 1.807) is 37.3 Å². The molecule has 0 heterocycles. The van der Waals surface area contributed by atoms with Crippen molar-refractivity contribution in [3.8, 4) is 6.07 Å². The number of rotatable bonds is 5. The second kappa shape index (κ2) is 6.20. The van der Waals surface area contributed by atoms with Crippen molar-refractivity contribution in [2.45, 2.75) is 6.92 Å². The fourth-order valence-corrected chi connectivity index (χ4v) is 2.40. The number of nitriles is 1. The zero-order valence-electron chi connectivity index (χ0n) is 10.7. The molecular formula is C12H14N2O4S. The van der Waals surface area contributed by atoms with Crippen molar-refractivity contribution in [3.63, 3.8) is 0 Å². The number of anilines is 1. The summed E-state index contributed by atoms with van der Waals surface area (Å²) in [5.74, 6) is -0.768. The van der Waals surface area contributed by atoms with Crippen LogP contribution in [0.5, 0.6) is 0 Å².